The van der Waals surface area contributed by atoms with Crippen molar-refractivity contribution in [1.29, 1.82) is 0 Å². The Balaban J connectivity index is 0.000000561. The zero-order chi connectivity index (χ0) is 9.56. The molecule has 0 aliphatic heterocycles. The molecule has 0 saturated heterocycles. The van der Waals surface area contributed by atoms with Crippen molar-refractivity contribution < 1.29 is 9.18 Å². The summed E-state index contributed by atoms with van der Waals surface area (Å²) >= 11 is 0. The Morgan fingerprint density at radius 1 is 1.25 bits per heavy atom. The van der Waals surface area contributed by atoms with Crippen molar-refractivity contribution in [2.24, 2.45) is 5.73 Å². The lowest BCUT2D eigenvalue weighted by molar-refractivity contribution is 0.100. The molecule has 3 heteroatoms. The molecule has 2 N–H and O–H groups in total. The number of rotatable bonds is 1. The van der Waals surface area contributed by atoms with Crippen LogP contribution in [0.1, 0.15) is 24.2 Å². The van der Waals surface area contributed by atoms with E-state index < -0.39 is 5.91 Å². The number of hydrogen-bond acceptors (Lipinski definition) is 1. The normalized spacial score (nSPS) is 8.25. The highest BCUT2D eigenvalue weighted by Crippen LogP contribution is 2.00. The molecule has 0 bridgehead atoms. The summed E-state index contributed by atoms with van der Waals surface area (Å²) in [6.45, 7) is 4.00. The van der Waals surface area contributed by atoms with Gasteiger partial charge in [-0.3, -0.25) is 4.79 Å². The number of hydrogen-bond donors (Lipinski definition) is 1. The molecule has 0 unspecified atom stereocenters. The van der Waals surface area contributed by atoms with Gasteiger partial charge in [-0.25, -0.2) is 4.39 Å². The van der Waals surface area contributed by atoms with Gasteiger partial charge < -0.3 is 5.73 Å². The van der Waals surface area contributed by atoms with Crippen molar-refractivity contribution in [2.75, 3.05) is 0 Å². The van der Waals surface area contributed by atoms with Gasteiger partial charge in [0.25, 0.3) is 0 Å². The smallest absolute Gasteiger partial charge is 0.248 e. The molecule has 0 aliphatic rings. The minimum absolute atomic E-state index is 0.321. The zero-order valence-electron chi connectivity index (χ0n) is 7.17. The Bertz CT molecular complexity index is 243. The van der Waals surface area contributed by atoms with Crippen molar-refractivity contribution in [3.8, 4) is 0 Å². The Morgan fingerprint density at radius 3 is 2.00 bits per heavy atom. The molecule has 66 valence electrons. The van der Waals surface area contributed by atoms with Gasteiger partial charge in [0, 0.05) is 5.56 Å². The van der Waals surface area contributed by atoms with Gasteiger partial charge in [0.1, 0.15) is 5.82 Å². The highest BCUT2D eigenvalue weighted by molar-refractivity contribution is 5.92. The van der Waals surface area contributed by atoms with Gasteiger partial charge >= 0.3 is 0 Å². The molecule has 1 rings (SSSR count). The first-order valence-corrected chi connectivity index (χ1v) is 3.75. The fourth-order valence-corrected chi connectivity index (χ4v) is 0.614. The summed E-state index contributed by atoms with van der Waals surface area (Å²) in [5.41, 5.74) is 5.22. The Labute approximate surface area is 71.2 Å². The summed E-state index contributed by atoms with van der Waals surface area (Å²) in [4.78, 5) is 10.4. The van der Waals surface area contributed by atoms with Crippen LogP contribution in [0.4, 0.5) is 4.39 Å². The molecular weight excluding hydrogens is 157 g/mol. The maximum atomic E-state index is 12.2. The van der Waals surface area contributed by atoms with E-state index in [-0.39, 0.29) is 5.82 Å². The van der Waals surface area contributed by atoms with E-state index in [4.69, 9.17) is 5.73 Å². The second-order valence-electron chi connectivity index (χ2n) is 1.87. The van der Waals surface area contributed by atoms with Crippen LogP contribution in [0.2, 0.25) is 0 Å². The molecule has 0 heterocycles. The quantitative estimate of drug-likeness (QED) is 0.686. The Kier molecular flexibility index (Phi) is 4.69. The molecule has 0 radical (unpaired) electrons. The lowest BCUT2D eigenvalue weighted by atomic mass is 10.2. The lowest BCUT2D eigenvalue weighted by Gasteiger charge is -1.91. The van der Waals surface area contributed by atoms with Crippen LogP contribution in [-0.2, 0) is 0 Å². The SMILES string of the molecule is CC.NC(=O)c1ccc(F)cc1. The van der Waals surface area contributed by atoms with Gasteiger partial charge in [0.05, 0.1) is 0 Å². The minimum atomic E-state index is -0.542. The number of benzene rings is 1. The molecule has 0 fully saturated rings. The second-order valence-corrected chi connectivity index (χ2v) is 1.87. The van der Waals surface area contributed by atoms with Crippen molar-refractivity contribution in [2.45, 2.75) is 13.8 Å². The second kappa shape index (κ2) is 5.29. The first-order chi connectivity index (χ1) is 5.70. The van der Waals surface area contributed by atoms with Gasteiger partial charge in [-0.05, 0) is 24.3 Å². The summed E-state index contributed by atoms with van der Waals surface area (Å²) in [6, 6.07) is 5.08. The summed E-state index contributed by atoms with van der Waals surface area (Å²) in [5.74, 6) is -0.912. The Hall–Kier alpha value is -1.38. The Morgan fingerprint density at radius 2 is 1.67 bits per heavy atom. The molecular formula is C9H12FNO. The summed E-state index contributed by atoms with van der Waals surface area (Å²) in [7, 11) is 0. The van der Waals surface area contributed by atoms with E-state index in [1.807, 2.05) is 13.8 Å². The minimum Gasteiger partial charge on any atom is -0.366 e. The van der Waals surface area contributed by atoms with E-state index in [0.717, 1.165) is 0 Å². The molecule has 2 nitrogen and oxygen atoms in total. The van der Waals surface area contributed by atoms with Crippen LogP contribution in [0.5, 0.6) is 0 Å². The highest BCUT2D eigenvalue weighted by atomic mass is 19.1. The summed E-state index contributed by atoms with van der Waals surface area (Å²) in [6.07, 6.45) is 0. The molecule has 1 aromatic carbocycles. The van der Waals surface area contributed by atoms with Crippen molar-refractivity contribution in [3.05, 3.63) is 35.6 Å². The van der Waals surface area contributed by atoms with Crippen LogP contribution in [0.3, 0.4) is 0 Å². The topological polar surface area (TPSA) is 43.1 Å². The van der Waals surface area contributed by atoms with Crippen LogP contribution in [-0.4, -0.2) is 5.91 Å². The monoisotopic (exact) mass is 169 g/mol. The van der Waals surface area contributed by atoms with E-state index >= 15 is 0 Å². The van der Waals surface area contributed by atoms with Gasteiger partial charge in [-0.1, -0.05) is 13.8 Å². The highest BCUT2D eigenvalue weighted by Gasteiger charge is 1.97. The maximum Gasteiger partial charge on any atom is 0.248 e. The van der Waals surface area contributed by atoms with Crippen LogP contribution >= 0.6 is 0 Å². The summed E-state index contributed by atoms with van der Waals surface area (Å²) < 4.78 is 12.2. The van der Waals surface area contributed by atoms with E-state index in [2.05, 4.69) is 0 Å². The van der Waals surface area contributed by atoms with Crippen LogP contribution < -0.4 is 5.73 Å². The van der Waals surface area contributed by atoms with Crippen LogP contribution in [0.15, 0.2) is 24.3 Å². The fraction of sp³-hybridized carbons (Fsp3) is 0.222. The third kappa shape index (κ3) is 3.14. The zero-order valence-corrected chi connectivity index (χ0v) is 7.17. The number of amides is 1. The molecule has 0 spiro atoms. The number of primary amides is 1. The van der Waals surface area contributed by atoms with E-state index in [1.165, 1.54) is 24.3 Å². The molecule has 0 saturated carbocycles. The average Bonchev–Trinajstić information content (AvgIpc) is 2.09. The summed E-state index contributed by atoms with van der Waals surface area (Å²) in [5, 5.41) is 0. The molecule has 1 amide bonds. The number of halogens is 1. The largest absolute Gasteiger partial charge is 0.366 e. The van der Waals surface area contributed by atoms with Gasteiger partial charge in [0.2, 0.25) is 5.91 Å². The molecule has 0 aliphatic carbocycles. The average molecular weight is 169 g/mol. The predicted octanol–water partition coefficient (Wildman–Crippen LogP) is 1.95. The van der Waals surface area contributed by atoms with Crippen LogP contribution in [0.25, 0.3) is 0 Å². The standard InChI is InChI=1S/C7H6FNO.C2H6/c8-6-3-1-5(2-4-6)7(9)10;1-2/h1-4H,(H2,9,10);1-2H3. The van der Waals surface area contributed by atoms with Crippen molar-refractivity contribution in [1.82, 2.24) is 0 Å². The number of carbonyl (C=O) groups is 1. The third-order valence-electron chi connectivity index (χ3n) is 1.13. The van der Waals surface area contributed by atoms with E-state index in [0.29, 0.717) is 5.56 Å². The van der Waals surface area contributed by atoms with Crippen LogP contribution in [0, 0.1) is 5.82 Å². The first kappa shape index (κ1) is 10.6. The molecule has 0 aromatic heterocycles. The molecule has 0 atom stereocenters. The number of carbonyl (C=O) groups excluding carboxylic acids is 1. The lowest BCUT2D eigenvalue weighted by Crippen LogP contribution is -2.10. The predicted molar refractivity (Wildman–Crippen MR) is 46.3 cm³/mol. The molecule has 12 heavy (non-hydrogen) atoms. The van der Waals surface area contributed by atoms with E-state index in [1.54, 1.807) is 0 Å². The van der Waals surface area contributed by atoms with Gasteiger partial charge in [0.15, 0.2) is 0 Å². The molecule has 1 aromatic rings. The maximum absolute atomic E-state index is 12.2. The third-order valence-corrected chi connectivity index (χ3v) is 1.13. The first-order valence-electron chi connectivity index (χ1n) is 3.75. The van der Waals surface area contributed by atoms with Crippen molar-refractivity contribution in [3.63, 3.8) is 0 Å². The van der Waals surface area contributed by atoms with Gasteiger partial charge in [-0.15, -0.1) is 0 Å². The fourth-order valence-electron chi connectivity index (χ4n) is 0.614. The van der Waals surface area contributed by atoms with E-state index in [9.17, 15) is 9.18 Å². The van der Waals surface area contributed by atoms with Crippen molar-refractivity contribution >= 4 is 5.91 Å². The number of nitrogens with two attached hydrogens (primary N) is 1. The van der Waals surface area contributed by atoms with Gasteiger partial charge in [-0.2, -0.15) is 0 Å².